The number of halogens is 1. The van der Waals surface area contributed by atoms with Gasteiger partial charge in [-0.1, -0.05) is 0 Å². The van der Waals surface area contributed by atoms with E-state index in [1.54, 1.807) is 33.2 Å². The van der Waals surface area contributed by atoms with Crippen molar-refractivity contribution in [2.45, 2.75) is 19.9 Å². The quantitative estimate of drug-likeness (QED) is 0.792. The lowest BCUT2D eigenvalue weighted by Crippen LogP contribution is -2.33. The third-order valence-corrected chi connectivity index (χ3v) is 2.04. The van der Waals surface area contributed by atoms with Gasteiger partial charge in [-0.2, -0.15) is 0 Å². The molecule has 0 saturated carbocycles. The summed E-state index contributed by atoms with van der Waals surface area (Å²) >= 11 is 0. The topological polar surface area (TPSA) is 77.1 Å². The number of nitrogens with two attached hydrogens (primary N) is 1. The van der Waals surface area contributed by atoms with Crippen molar-refractivity contribution in [3.8, 4) is 0 Å². The van der Waals surface area contributed by atoms with E-state index >= 15 is 0 Å². The molecule has 1 heterocycles. The maximum absolute atomic E-state index is 11.4. The average molecular weight is 246 g/mol. The average Bonchev–Trinajstić information content (AvgIpc) is 2.13. The van der Waals surface area contributed by atoms with E-state index < -0.39 is 6.04 Å². The molecule has 1 rings (SSSR count). The maximum Gasteiger partial charge on any atom is 0.253 e. The number of carbonyl (C=O) groups is 1. The minimum atomic E-state index is -0.567. The highest BCUT2D eigenvalue weighted by Gasteiger charge is 2.08. The Morgan fingerprint density at radius 3 is 2.56 bits per heavy atom. The molecule has 0 spiro atoms. The van der Waals surface area contributed by atoms with Crippen LogP contribution in [0.5, 0.6) is 0 Å². The van der Waals surface area contributed by atoms with E-state index in [0.717, 1.165) is 0 Å². The van der Waals surface area contributed by atoms with Crippen molar-refractivity contribution in [3.63, 3.8) is 0 Å². The summed E-state index contributed by atoms with van der Waals surface area (Å²) in [6.45, 7) is 3.30. The fourth-order valence-corrected chi connectivity index (χ4v) is 1.20. The van der Waals surface area contributed by atoms with E-state index in [1.807, 2.05) is 0 Å². The zero-order chi connectivity index (χ0) is 11.6. The van der Waals surface area contributed by atoms with E-state index in [4.69, 9.17) is 5.73 Å². The lowest BCUT2D eigenvalue weighted by Gasteiger charge is -2.09. The van der Waals surface area contributed by atoms with Gasteiger partial charge >= 0.3 is 0 Å². The van der Waals surface area contributed by atoms with E-state index in [9.17, 15) is 9.59 Å². The fourth-order valence-electron chi connectivity index (χ4n) is 1.20. The van der Waals surface area contributed by atoms with Crippen LogP contribution in [-0.2, 0) is 11.8 Å². The largest absolute Gasteiger partial charge is 0.323 e. The normalized spacial score (nSPS) is 11.5. The molecule has 3 N–H and O–H groups in total. The number of pyridine rings is 1. The molecular formula is C10H16ClN3O2. The Balaban J connectivity index is 0.00000225. The number of hydrogen-bond acceptors (Lipinski definition) is 3. The molecule has 0 aromatic carbocycles. The molecular weight excluding hydrogens is 230 g/mol. The summed E-state index contributed by atoms with van der Waals surface area (Å²) in [6, 6.07) is 1.06. The van der Waals surface area contributed by atoms with Crippen molar-refractivity contribution in [2.24, 2.45) is 12.8 Å². The van der Waals surface area contributed by atoms with Crippen LogP contribution in [0.3, 0.4) is 0 Å². The molecule has 1 aromatic heterocycles. The molecule has 1 amide bonds. The summed E-state index contributed by atoms with van der Waals surface area (Å²) < 4.78 is 1.42. The number of anilines is 1. The predicted octanol–water partition coefficient (Wildman–Crippen LogP) is 0.401. The number of rotatable bonds is 2. The van der Waals surface area contributed by atoms with Gasteiger partial charge in [-0.25, -0.2) is 0 Å². The highest BCUT2D eigenvalue weighted by molar-refractivity contribution is 5.94. The minimum absolute atomic E-state index is 0. The molecule has 6 heteroatoms. The lowest BCUT2D eigenvalue weighted by atomic mass is 10.2. The fraction of sp³-hybridized carbons (Fsp3) is 0.400. The zero-order valence-electron chi connectivity index (χ0n) is 9.48. The van der Waals surface area contributed by atoms with Crippen molar-refractivity contribution in [1.29, 1.82) is 0 Å². The lowest BCUT2D eigenvalue weighted by molar-refractivity contribution is -0.117. The molecule has 0 aliphatic carbocycles. The SMILES string of the molecule is Cc1cc(NC(=O)C(C)N)cn(C)c1=O.Cl. The van der Waals surface area contributed by atoms with Crippen LogP contribution in [0.2, 0.25) is 0 Å². The number of aromatic nitrogens is 1. The second kappa shape index (κ2) is 5.67. The molecule has 90 valence electrons. The number of aryl methyl sites for hydroxylation is 2. The molecule has 1 aromatic rings. The Morgan fingerprint density at radius 2 is 2.12 bits per heavy atom. The molecule has 1 unspecified atom stereocenters. The number of amides is 1. The molecule has 0 radical (unpaired) electrons. The van der Waals surface area contributed by atoms with Crippen LogP contribution in [0.25, 0.3) is 0 Å². The van der Waals surface area contributed by atoms with Gasteiger partial charge in [0.05, 0.1) is 11.7 Å². The smallest absolute Gasteiger partial charge is 0.253 e. The Labute approximate surface area is 100 Å². The van der Waals surface area contributed by atoms with E-state index in [-0.39, 0.29) is 23.9 Å². The van der Waals surface area contributed by atoms with Crippen LogP contribution < -0.4 is 16.6 Å². The Kier molecular flexibility index (Phi) is 5.20. The molecule has 0 fully saturated rings. The Bertz CT molecular complexity index is 414. The van der Waals surface area contributed by atoms with Crippen LogP contribution in [0.15, 0.2) is 17.1 Å². The van der Waals surface area contributed by atoms with Crippen LogP contribution >= 0.6 is 12.4 Å². The summed E-state index contributed by atoms with van der Waals surface area (Å²) in [5.74, 6) is -0.270. The van der Waals surface area contributed by atoms with Gasteiger partial charge in [0.1, 0.15) is 0 Å². The first-order valence-electron chi connectivity index (χ1n) is 4.65. The second-order valence-corrected chi connectivity index (χ2v) is 3.61. The van der Waals surface area contributed by atoms with E-state index in [0.29, 0.717) is 11.3 Å². The van der Waals surface area contributed by atoms with Crippen LogP contribution in [0.1, 0.15) is 12.5 Å². The first-order valence-corrected chi connectivity index (χ1v) is 4.65. The first kappa shape index (κ1) is 14.7. The van der Waals surface area contributed by atoms with Gasteiger partial charge in [0.15, 0.2) is 0 Å². The summed E-state index contributed by atoms with van der Waals surface area (Å²) in [6.07, 6.45) is 1.57. The molecule has 5 nitrogen and oxygen atoms in total. The highest BCUT2D eigenvalue weighted by atomic mass is 35.5. The van der Waals surface area contributed by atoms with Gasteiger partial charge < -0.3 is 15.6 Å². The predicted molar refractivity (Wildman–Crippen MR) is 65.9 cm³/mol. The van der Waals surface area contributed by atoms with Gasteiger partial charge in [0, 0.05) is 18.8 Å². The van der Waals surface area contributed by atoms with Gasteiger partial charge in [0.2, 0.25) is 5.91 Å². The Morgan fingerprint density at radius 1 is 1.56 bits per heavy atom. The highest BCUT2D eigenvalue weighted by Crippen LogP contribution is 2.05. The maximum atomic E-state index is 11.4. The van der Waals surface area contributed by atoms with Gasteiger partial charge in [-0.15, -0.1) is 12.4 Å². The van der Waals surface area contributed by atoms with E-state index in [2.05, 4.69) is 5.32 Å². The molecule has 0 aliphatic rings. The van der Waals surface area contributed by atoms with Gasteiger partial charge in [0.25, 0.3) is 5.56 Å². The van der Waals surface area contributed by atoms with Crippen LogP contribution in [0, 0.1) is 6.92 Å². The summed E-state index contributed by atoms with van der Waals surface area (Å²) in [5.41, 5.74) is 6.50. The van der Waals surface area contributed by atoms with Gasteiger partial charge in [-0.05, 0) is 19.9 Å². The van der Waals surface area contributed by atoms with Crippen LogP contribution in [0.4, 0.5) is 5.69 Å². The first-order chi connectivity index (χ1) is 6.91. The van der Waals surface area contributed by atoms with Crippen molar-refractivity contribution < 1.29 is 4.79 Å². The number of nitrogens with one attached hydrogen (secondary N) is 1. The molecule has 0 saturated heterocycles. The van der Waals surface area contributed by atoms with E-state index in [1.165, 1.54) is 4.57 Å². The Hall–Kier alpha value is -1.33. The zero-order valence-corrected chi connectivity index (χ0v) is 10.3. The summed E-state index contributed by atoms with van der Waals surface area (Å²) in [4.78, 5) is 22.7. The molecule has 0 aliphatic heterocycles. The number of nitrogens with zero attached hydrogens (tertiary/aromatic N) is 1. The summed E-state index contributed by atoms with van der Waals surface area (Å²) in [5, 5.41) is 2.63. The molecule has 1 atom stereocenters. The van der Waals surface area contributed by atoms with Crippen LogP contribution in [-0.4, -0.2) is 16.5 Å². The third-order valence-electron chi connectivity index (χ3n) is 2.04. The molecule has 0 bridgehead atoms. The second-order valence-electron chi connectivity index (χ2n) is 3.61. The molecule has 16 heavy (non-hydrogen) atoms. The van der Waals surface area contributed by atoms with Crippen molar-refractivity contribution in [2.75, 3.05) is 5.32 Å². The van der Waals surface area contributed by atoms with Crippen molar-refractivity contribution in [1.82, 2.24) is 4.57 Å². The third kappa shape index (κ3) is 3.36. The van der Waals surface area contributed by atoms with Crippen molar-refractivity contribution >= 4 is 24.0 Å². The van der Waals surface area contributed by atoms with Gasteiger partial charge in [-0.3, -0.25) is 9.59 Å². The van der Waals surface area contributed by atoms with Crippen molar-refractivity contribution in [3.05, 3.63) is 28.2 Å². The standard InChI is InChI=1S/C10H15N3O2.ClH/c1-6-4-8(5-13(3)10(6)15)12-9(14)7(2)11;/h4-5,7H,11H2,1-3H3,(H,12,14);1H. The number of carbonyl (C=O) groups excluding carboxylic acids is 1. The minimum Gasteiger partial charge on any atom is -0.323 e. The monoisotopic (exact) mass is 245 g/mol. The summed E-state index contributed by atoms with van der Waals surface area (Å²) in [7, 11) is 1.64. The number of hydrogen-bond donors (Lipinski definition) is 2.